The number of hydrogen-bond donors (Lipinski definition) is 4. The first kappa shape index (κ1) is 28.0. The molecule has 3 aromatic rings. The van der Waals surface area contributed by atoms with E-state index in [4.69, 9.17) is 14.6 Å². The van der Waals surface area contributed by atoms with Gasteiger partial charge in [-0.25, -0.2) is 19.1 Å². The van der Waals surface area contributed by atoms with Crippen molar-refractivity contribution in [3.63, 3.8) is 0 Å². The molecule has 2 aromatic carbocycles. The number of nitrogens with one attached hydrogen (secondary N) is 2. The summed E-state index contributed by atoms with van der Waals surface area (Å²) >= 11 is 2.03. The maximum Gasteiger partial charge on any atom is 0.325 e. The van der Waals surface area contributed by atoms with Crippen molar-refractivity contribution in [1.82, 2.24) is 20.2 Å². The number of amides is 3. The molecule has 202 valence electrons. The molecule has 0 spiro atoms. The predicted molar refractivity (Wildman–Crippen MR) is 144 cm³/mol. The molecular weight excluding hydrogens is 610 g/mol. The summed E-state index contributed by atoms with van der Waals surface area (Å²) in [5.41, 5.74) is 1.80. The number of urea groups is 1. The number of halogens is 2. The van der Waals surface area contributed by atoms with Gasteiger partial charge in [-0.15, -0.1) is 0 Å². The minimum absolute atomic E-state index is 0.0873. The molecular formula is C26H28FIN4O6. The van der Waals surface area contributed by atoms with Crippen LogP contribution >= 0.6 is 22.6 Å². The first-order chi connectivity index (χ1) is 18.1. The highest BCUT2D eigenvalue weighted by molar-refractivity contribution is 14.1. The Bertz CT molecular complexity index is 1320. The molecule has 1 saturated heterocycles. The van der Waals surface area contributed by atoms with Gasteiger partial charge in [-0.2, -0.15) is 0 Å². The molecule has 0 aliphatic carbocycles. The zero-order valence-electron chi connectivity index (χ0n) is 20.9. The van der Waals surface area contributed by atoms with Gasteiger partial charge in [0.2, 0.25) is 0 Å². The quantitative estimate of drug-likeness (QED) is 0.198. The van der Waals surface area contributed by atoms with Crippen LogP contribution in [0.15, 0.2) is 42.5 Å². The van der Waals surface area contributed by atoms with E-state index in [1.807, 2.05) is 22.6 Å². The number of hydrogen-bond acceptors (Lipinski definition) is 7. The van der Waals surface area contributed by atoms with E-state index in [1.165, 1.54) is 13.2 Å². The Morgan fingerprint density at radius 1 is 1.21 bits per heavy atom. The van der Waals surface area contributed by atoms with Crippen molar-refractivity contribution in [3.8, 4) is 17.0 Å². The third kappa shape index (κ3) is 5.67. The number of aliphatic hydroxyl groups is 2. The molecule has 0 unspecified atom stereocenters. The molecule has 12 heteroatoms. The van der Waals surface area contributed by atoms with Gasteiger partial charge in [-0.05, 0) is 72.3 Å². The summed E-state index contributed by atoms with van der Waals surface area (Å²) in [6, 6.07) is 8.84. The second kappa shape index (κ2) is 11.8. The number of methoxy groups -OCH3 is 1. The largest absolute Gasteiger partial charge is 0.491 e. The summed E-state index contributed by atoms with van der Waals surface area (Å²) < 4.78 is 26.4. The fraction of sp³-hybridized carbons (Fsp3) is 0.346. The Morgan fingerprint density at radius 2 is 1.92 bits per heavy atom. The second-order valence-electron chi connectivity index (χ2n) is 8.91. The number of carbonyl (C=O) groups is 2. The summed E-state index contributed by atoms with van der Waals surface area (Å²) in [5, 5.41) is 21.1. The number of aliphatic hydroxyl groups excluding tert-OH is 2. The van der Waals surface area contributed by atoms with Crippen LogP contribution < -0.4 is 10.1 Å². The van der Waals surface area contributed by atoms with Crippen LogP contribution in [0, 0.1) is 16.3 Å². The van der Waals surface area contributed by atoms with Gasteiger partial charge >= 0.3 is 6.03 Å². The van der Waals surface area contributed by atoms with Gasteiger partial charge in [-0.3, -0.25) is 4.79 Å². The highest BCUT2D eigenvalue weighted by atomic mass is 127. The van der Waals surface area contributed by atoms with Crippen molar-refractivity contribution < 1.29 is 33.7 Å². The number of ether oxygens (including phenoxy) is 2. The Hall–Kier alpha value is -3.07. The van der Waals surface area contributed by atoms with Crippen LogP contribution in [0.25, 0.3) is 11.3 Å². The third-order valence-corrected chi connectivity index (χ3v) is 6.97. The van der Waals surface area contributed by atoms with Crippen molar-refractivity contribution in [2.45, 2.75) is 38.1 Å². The Balaban J connectivity index is 1.61. The lowest BCUT2D eigenvalue weighted by molar-refractivity contribution is -0.131. The van der Waals surface area contributed by atoms with Crippen LogP contribution in [-0.2, 0) is 9.53 Å². The van der Waals surface area contributed by atoms with Gasteiger partial charge in [0.25, 0.3) is 5.91 Å². The third-order valence-electron chi connectivity index (χ3n) is 6.30. The molecule has 4 rings (SSSR count). The highest BCUT2D eigenvalue weighted by Gasteiger charge is 2.46. The molecule has 1 aliphatic heterocycles. The summed E-state index contributed by atoms with van der Waals surface area (Å²) in [6.07, 6.45) is -1.64. The van der Waals surface area contributed by atoms with E-state index < -0.39 is 48.7 Å². The number of nitrogens with zero attached hydrogens (tertiary/aromatic N) is 2. The first-order valence-electron chi connectivity index (χ1n) is 11.8. The van der Waals surface area contributed by atoms with Gasteiger partial charge in [-0.1, -0.05) is 12.1 Å². The molecule has 1 fully saturated rings. The molecule has 2 heterocycles. The molecule has 4 atom stereocenters. The first-order valence-corrected chi connectivity index (χ1v) is 12.9. The number of H-pyrrole nitrogens is 1. The summed E-state index contributed by atoms with van der Waals surface area (Å²) in [7, 11) is 1.47. The van der Waals surface area contributed by atoms with Crippen LogP contribution in [0.1, 0.15) is 36.1 Å². The lowest BCUT2D eigenvalue weighted by atomic mass is 10.1. The van der Waals surface area contributed by atoms with E-state index in [0.29, 0.717) is 34.1 Å². The standard InChI is InChI=1S/C26H28FIN4O6/c1-13-21(19-9-6-16(28)10-20(19)27)30-24(29-13)23(14(2)37-3)32-25(35)22(31-26(32)36)15-4-7-18(8-5-15)38-12-17(34)11-33/h4-10,14,17,22-23,33-34H,11-12H2,1-3H3,(H,29,30)(H,31,36)/t14-,17+,22-,23+/m1/s1. The lowest BCUT2D eigenvalue weighted by Crippen LogP contribution is -2.41. The van der Waals surface area contributed by atoms with E-state index >= 15 is 0 Å². The van der Waals surface area contributed by atoms with E-state index in [1.54, 1.807) is 50.2 Å². The highest BCUT2D eigenvalue weighted by Crippen LogP contribution is 2.35. The summed E-state index contributed by atoms with van der Waals surface area (Å²) in [5.74, 6) is -0.200. The number of imidazole rings is 1. The van der Waals surface area contributed by atoms with Gasteiger partial charge in [0.15, 0.2) is 0 Å². The average molecular weight is 638 g/mol. The molecule has 1 aromatic heterocycles. The zero-order chi connectivity index (χ0) is 27.6. The number of aryl methyl sites for hydroxylation is 1. The number of benzene rings is 2. The summed E-state index contributed by atoms with van der Waals surface area (Å²) in [4.78, 5) is 35.4. The summed E-state index contributed by atoms with van der Waals surface area (Å²) in [6.45, 7) is 2.95. The minimum atomic E-state index is -1.01. The van der Waals surface area contributed by atoms with Gasteiger partial charge in [0, 0.05) is 21.9 Å². The normalized spacial score (nSPS) is 17.9. The fourth-order valence-electron chi connectivity index (χ4n) is 4.24. The Labute approximate surface area is 232 Å². The molecule has 1 aliphatic rings. The maximum absolute atomic E-state index is 14.7. The second-order valence-corrected chi connectivity index (χ2v) is 10.2. The van der Waals surface area contributed by atoms with Gasteiger partial charge in [0.1, 0.15) is 42.2 Å². The number of carbonyl (C=O) groups excluding carboxylic acids is 2. The number of aromatic amines is 1. The van der Waals surface area contributed by atoms with Gasteiger partial charge < -0.3 is 30.0 Å². The SMILES string of the molecule is CO[C@H](C)[C@@H](c1nc(-c2ccc(I)cc2F)c(C)[nH]1)N1C(=O)N[C@H](c2ccc(OC[C@@H](O)CO)cc2)C1=O. The van der Waals surface area contributed by atoms with Crippen LogP contribution in [0.5, 0.6) is 5.75 Å². The van der Waals surface area contributed by atoms with Gasteiger partial charge in [0.05, 0.1) is 18.4 Å². The van der Waals surface area contributed by atoms with Crippen molar-refractivity contribution in [3.05, 3.63) is 68.9 Å². The van der Waals surface area contributed by atoms with E-state index in [-0.39, 0.29) is 6.61 Å². The molecule has 0 saturated carbocycles. The minimum Gasteiger partial charge on any atom is -0.491 e. The van der Waals surface area contributed by atoms with Crippen LogP contribution in [-0.4, -0.2) is 69.6 Å². The van der Waals surface area contributed by atoms with Crippen molar-refractivity contribution in [2.75, 3.05) is 20.3 Å². The molecule has 10 nitrogen and oxygen atoms in total. The van der Waals surface area contributed by atoms with Crippen molar-refractivity contribution >= 4 is 34.5 Å². The fourth-order valence-corrected chi connectivity index (χ4v) is 4.69. The van der Waals surface area contributed by atoms with Crippen molar-refractivity contribution in [2.24, 2.45) is 0 Å². The predicted octanol–water partition coefficient (Wildman–Crippen LogP) is 3.23. The number of aromatic nitrogens is 2. The van der Waals surface area contributed by atoms with Crippen LogP contribution in [0.4, 0.5) is 9.18 Å². The average Bonchev–Trinajstić information content (AvgIpc) is 3.42. The molecule has 0 bridgehead atoms. The zero-order valence-corrected chi connectivity index (χ0v) is 23.1. The number of imide groups is 1. The molecule has 3 amide bonds. The Kier molecular flexibility index (Phi) is 8.65. The smallest absolute Gasteiger partial charge is 0.325 e. The molecule has 0 radical (unpaired) electrons. The number of rotatable bonds is 10. The van der Waals surface area contributed by atoms with E-state index in [2.05, 4.69) is 15.3 Å². The van der Waals surface area contributed by atoms with Crippen molar-refractivity contribution in [1.29, 1.82) is 0 Å². The van der Waals surface area contributed by atoms with E-state index in [0.717, 1.165) is 8.47 Å². The molecule has 38 heavy (non-hydrogen) atoms. The molecule has 4 N–H and O–H groups in total. The Morgan fingerprint density at radius 3 is 2.55 bits per heavy atom. The van der Waals surface area contributed by atoms with E-state index in [9.17, 15) is 19.1 Å². The topological polar surface area (TPSA) is 137 Å². The van der Waals surface area contributed by atoms with Crippen LogP contribution in [0.2, 0.25) is 0 Å². The lowest BCUT2D eigenvalue weighted by Gasteiger charge is -2.28. The van der Waals surface area contributed by atoms with Crippen LogP contribution in [0.3, 0.4) is 0 Å². The maximum atomic E-state index is 14.7. The monoisotopic (exact) mass is 638 g/mol.